The third-order valence-electron chi connectivity index (χ3n) is 4.31. The second-order valence-electron chi connectivity index (χ2n) is 6.62. The van der Waals surface area contributed by atoms with Crippen molar-refractivity contribution in [3.63, 3.8) is 0 Å². The first-order chi connectivity index (χ1) is 15.7. The summed E-state index contributed by atoms with van der Waals surface area (Å²) in [5, 5.41) is 11.2. The summed E-state index contributed by atoms with van der Waals surface area (Å²) in [5.74, 6) is -0.305. The molecule has 2 aliphatic rings. The summed E-state index contributed by atoms with van der Waals surface area (Å²) in [4.78, 5) is 16.0. The maximum atomic E-state index is 12.9. The van der Waals surface area contributed by atoms with Crippen LogP contribution in [0.3, 0.4) is 0 Å². The molecule has 0 fully saturated rings. The number of hydrogen-bond acceptors (Lipinski definition) is 6. The maximum Gasteiger partial charge on any atom is 0.441 e. The van der Waals surface area contributed by atoms with Crippen molar-refractivity contribution in [2.75, 3.05) is 13.2 Å². The van der Waals surface area contributed by atoms with Crippen LogP contribution in [0.1, 0.15) is 5.56 Å². The Morgan fingerprint density at radius 2 is 1.88 bits per heavy atom. The number of amides is 1. The molecule has 2 aliphatic heterocycles. The van der Waals surface area contributed by atoms with Crippen LogP contribution in [-0.2, 0) is 4.79 Å². The van der Waals surface area contributed by atoms with Crippen molar-refractivity contribution in [2.45, 2.75) is 6.18 Å². The van der Waals surface area contributed by atoms with Crippen molar-refractivity contribution < 1.29 is 27.4 Å². The van der Waals surface area contributed by atoms with E-state index < -0.39 is 23.0 Å². The van der Waals surface area contributed by atoms with Gasteiger partial charge < -0.3 is 9.47 Å². The number of nitrogens with zero attached hydrogens (tertiary/aromatic N) is 3. The number of para-hydroxylation sites is 1. The lowest BCUT2D eigenvalue weighted by Crippen LogP contribution is -2.35. The number of alkyl halides is 3. The molecule has 0 saturated heterocycles. The van der Waals surface area contributed by atoms with Crippen molar-refractivity contribution in [2.24, 2.45) is 10.1 Å². The molecule has 2 heterocycles. The molecular formula is C21H14ClF3N4O3S. The third-order valence-corrected chi connectivity index (χ3v) is 5.58. The van der Waals surface area contributed by atoms with Gasteiger partial charge in [0.15, 0.2) is 5.84 Å². The van der Waals surface area contributed by atoms with Gasteiger partial charge in [-0.15, -0.1) is 0 Å². The van der Waals surface area contributed by atoms with Crippen molar-refractivity contribution >= 4 is 51.4 Å². The first kappa shape index (κ1) is 22.9. The molecule has 0 unspecified atom stereocenters. The van der Waals surface area contributed by atoms with E-state index in [0.717, 1.165) is 0 Å². The standard InChI is InChI=1S/C21H14ClF3N4O3S/c22-15-6-1-2-7-16(15)32-9-8-31-13-5-3-4-12(10-13)11-14-17(26)29-20(27-18(14)30)33-19(28-29)21(23,24)25/h1-7,10-11,26H,8-9H2. The van der Waals surface area contributed by atoms with Crippen molar-refractivity contribution in [1.29, 1.82) is 5.41 Å². The van der Waals surface area contributed by atoms with Crippen LogP contribution < -0.4 is 9.47 Å². The number of ether oxygens (including phenoxy) is 2. The highest BCUT2D eigenvalue weighted by atomic mass is 35.5. The predicted octanol–water partition coefficient (Wildman–Crippen LogP) is 4.98. The van der Waals surface area contributed by atoms with Gasteiger partial charge >= 0.3 is 6.18 Å². The zero-order valence-corrected chi connectivity index (χ0v) is 18.2. The van der Waals surface area contributed by atoms with Gasteiger partial charge in [-0.2, -0.15) is 28.3 Å². The minimum atomic E-state index is -4.70. The van der Waals surface area contributed by atoms with Gasteiger partial charge in [-0.05, 0) is 47.7 Å². The number of benzene rings is 2. The fourth-order valence-corrected chi connectivity index (χ4v) is 3.79. The van der Waals surface area contributed by atoms with Crippen molar-refractivity contribution in [1.82, 2.24) is 5.01 Å². The molecule has 1 N–H and O–H groups in total. The minimum absolute atomic E-state index is 0.189. The number of thioether (sulfide) groups is 1. The number of carbonyl (C=O) groups is 1. The van der Waals surface area contributed by atoms with E-state index in [1.54, 1.807) is 48.5 Å². The fraction of sp³-hybridized carbons (Fsp3) is 0.143. The van der Waals surface area contributed by atoms with Crippen LogP contribution in [0.4, 0.5) is 13.2 Å². The molecule has 1 amide bonds. The molecule has 33 heavy (non-hydrogen) atoms. The maximum absolute atomic E-state index is 12.9. The average molecular weight is 495 g/mol. The second kappa shape index (κ2) is 9.28. The lowest BCUT2D eigenvalue weighted by atomic mass is 10.1. The molecule has 12 heteroatoms. The Morgan fingerprint density at radius 1 is 1.12 bits per heavy atom. The van der Waals surface area contributed by atoms with Crippen molar-refractivity contribution in [3.05, 3.63) is 64.7 Å². The quantitative estimate of drug-likeness (QED) is 0.452. The van der Waals surface area contributed by atoms with E-state index in [4.69, 9.17) is 26.5 Å². The van der Waals surface area contributed by atoms with Crippen LogP contribution in [0.25, 0.3) is 6.08 Å². The van der Waals surface area contributed by atoms with Gasteiger partial charge in [-0.25, -0.2) is 0 Å². The minimum Gasteiger partial charge on any atom is -0.490 e. The summed E-state index contributed by atoms with van der Waals surface area (Å²) in [7, 11) is 0. The Bertz CT molecular complexity index is 1210. The van der Waals surface area contributed by atoms with Gasteiger partial charge in [0.1, 0.15) is 24.7 Å². The predicted molar refractivity (Wildman–Crippen MR) is 120 cm³/mol. The largest absolute Gasteiger partial charge is 0.490 e. The number of hydrazone groups is 1. The van der Waals surface area contributed by atoms with Gasteiger partial charge in [-0.1, -0.05) is 35.9 Å². The molecule has 0 spiro atoms. The summed E-state index contributed by atoms with van der Waals surface area (Å²) >= 11 is 6.23. The molecule has 0 radical (unpaired) electrons. The SMILES string of the molecule is N=C1C(=Cc2cccc(OCCOc3ccccc3Cl)c2)C(=O)N=C2SC(C(F)(F)F)=NN12. The number of nitrogens with one attached hydrogen (secondary N) is 1. The van der Waals surface area contributed by atoms with Crippen LogP contribution in [-0.4, -0.2) is 46.4 Å². The molecule has 0 saturated carbocycles. The second-order valence-corrected chi connectivity index (χ2v) is 7.99. The smallest absolute Gasteiger partial charge is 0.441 e. The highest BCUT2D eigenvalue weighted by Crippen LogP contribution is 2.35. The van der Waals surface area contributed by atoms with Gasteiger partial charge in [0.25, 0.3) is 5.91 Å². The molecule has 170 valence electrons. The normalized spacial score (nSPS) is 17.1. The Hall–Kier alpha value is -3.31. The number of aliphatic imine (C=N–C) groups is 1. The molecule has 0 aromatic heterocycles. The number of amidine groups is 2. The summed E-state index contributed by atoms with van der Waals surface area (Å²) in [6, 6.07) is 13.7. The van der Waals surface area contributed by atoms with Crippen LogP contribution in [0.2, 0.25) is 5.02 Å². The third kappa shape index (κ3) is 5.20. The molecule has 2 aromatic rings. The summed E-state index contributed by atoms with van der Waals surface area (Å²) in [5.41, 5.74) is 0.309. The van der Waals surface area contributed by atoms with E-state index in [0.29, 0.717) is 27.1 Å². The van der Waals surface area contributed by atoms with Gasteiger partial charge in [0.05, 0.1) is 10.6 Å². The van der Waals surface area contributed by atoms with E-state index in [1.165, 1.54) is 6.08 Å². The zero-order valence-electron chi connectivity index (χ0n) is 16.6. The number of halogens is 4. The summed E-state index contributed by atoms with van der Waals surface area (Å²) < 4.78 is 50.0. The molecule has 7 nitrogen and oxygen atoms in total. The highest BCUT2D eigenvalue weighted by Gasteiger charge is 2.46. The Balaban J connectivity index is 1.44. The Kier molecular flexibility index (Phi) is 6.43. The lowest BCUT2D eigenvalue weighted by Gasteiger charge is -2.20. The fourth-order valence-electron chi connectivity index (χ4n) is 2.84. The van der Waals surface area contributed by atoms with Crippen LogP contribution in [0, 0.1) is 5.41 Å². The summed E-state index contributed by atoms with van der Waals surface area (Å²) in [6.07, 6.45) is -3.34. The monoisotopic (exact) mass is 494 g/mol. The lowest BCUT2D eigenvalue weighted by molar-refractivity contribution is -0.114. The van der Waals surface area contributed by atoms with E-state index in [1.807, 2.05) is 0 Å². The highest BCUT2D eigenvalue weighted by molar-refractivity contribution is 8.27. The van der Waals surface area contributed by atoms with Gasteiger partial charge in [0, 0.05) is 0 Å². The molecule has 0 aliphatic carbocycles. The van der Waals surface area contributed by atoms with Crippen LogP contribution in [0.5, 0.6) is 11.5 Å². The van der Waals surface area contributed by atoms with E-state index in [-0.39, 0.29) is 35.7 Å². The van der Waals surface area contributed by atoms with E-state index in [2.05, 4.69) is 10.1 Å². The summed E-state index contributed by atoms with van der Waals surface area (Å²) in [6.45, 7) is 0.454. The van der Waals surface area contributed by atoms with Gasteiger partial charge in [0.2, 0.25) is 10.2 Å². The van der Waals surface area contributed by atoms with Crippen molar-refractivity contribution in [3.8, 4) is 11.5 Å². The Morgan fingerprint density at radius 3 is 2.64 bits per heavy atom. The van der Waals surface area contributed by atoms with E-state index >= 15 is 0 Å². The van der Waals surface area contributed by atoms with E-state index in [9.17, 15) is 18.0 Å². The number of hydrogen-bond donors (Lipinski definition) is 1. The molecular weight excluding hydrogens is 481 g/mol. The first-order valence-corrected chi connectivity index (χ1v) is 10.6. The zero-order chi connectivity index (χ0) is 23.6. The molecule has 0 bridgehead atoms. The number of rotatable bonds is 6. The number of fused-ring (bicyclic) bond motifs is 1. The Labute approximate surface area is 195 Å². The molecule has 0 atom stereocenters. The molecule has 4 rings (SSSR count). The topological polar surface area (TPSA) is 87.3 Å². The molecule has 2 aromatic carbocycles. The van der Waals surface area contributed by atoms with Crippen LogP contribution in [0.15, 0.2) is 64.2 Å². The average Bonchev–Trinajstić information content (AvgIpc) is 3.20. The van der Waals surface area contributed by atoms with Gasteiger partial charge in [-0.3, -0.25) is 10.2 Å². The number of carbonyl (C=O) groups excluding carboxylic acids is 1. The first-order valence-electron chi connectivity index (χ1n) is 9.40. The van der Waals surface area contributed by atoms with Crippen LogP contribution >= 0.6 is 23.4 Å².